The van der Waals surface area contributed by atoms with E-state index in [0.29, 0.717) is 0 Å². The van der Waals surface area contributed by atoms with Crippen molar-refractivity contribution in [3.63, 3.8) is 0 Å². The lowest BCUT2D eigenvalue weighted by Crippen LogP contribution is -1.96. The van der Waals surface area contributed by atoms with Gasteiger partial charge in [-0.1, -0.05) is 7.43 Å². The van der Waals surface area contributed by atoms with Gasteiger partial charge in [-0.2, -0.15) is 8.42 Å². The lowest BCUT2D eigenvalue weighted by Gasteiger charge is -1.93. The summed E-state index contributed by atoms with van der Waals surface area (Å²) in [6, 6.07) is 0. The zero-order valence-electron chi connectivity index (χ0n) is 6.24. The Bertz CT molecular complexity index is 238. The summed E-state index contributed by atoms with van der Waals surface area (Å²) in [4.78, 5) is 15.4. The molecule has 3 N–H and O–H groups in total. The van der Waals surface area contributed by atoms with Gasteiger partial charge in [-0.25, -0.2) is 4.57 Å². The van der Waals surface area contributed by atoms with Crippen molar-refractivity contribution in [2.75, 3.05) is 14.2 Å². The normalized spacial score (nSPS) is 10.8. The average molecular weight is 240 g/mol. The average Bonchev–Trinajstić information content (AvgIpc) is 1.86. The number of rotatable bonds is 2. The van der Waals surface area contributed by atoms with Crippen molar-refractivity contribution in [3.05, 3.63) is 0 Å². The van der Waals surface area contributed by atoms with Crippen LogP contribution in [0.5, 0.6) is 0 Å². The molecule has 0 aromatic rings. The number of hydrogen-bond acceptors (Lipinski definition) is 5. The van der Waals surface area contributed by atoms with Gasteiger partial charge in [0, 0.05) is 7.11 Å². The molecule has 0 radical (unpaired) electrons. The van der Waals surface area contributed by atoms with Crippen molar-refractivity contribution in [2.45, 2.75) is 7.43 Å². The van der Waals surface area contributed by atoms with Crippen molar-refractivity contribution >= 4 is 18.2 Å². The molecule has 0 aliphatic heterocycles. The van der Waals surface area contributed by atoms with Gasteiger partial charge in [0.2, 0.25) is 0 Å². The van der Waals surface area contributed by atoms with Gasteiger partial charge in [0.15, 0.2) is 0 Å². The van der Waals surface area contributed by atoms with Crippen LogP contribution in [0.25, 0.3) is 0 Å². The van der Waals surface area contributed by atoms with E-state index in [0.717, 1.165) is 14.2 Å². The van der Waals surface area contributed by atoms with Crippen LogP contribution in [-0.4, -0.2) is 37.0 Å². The van der Waals surface area contributed by atoms with Crippen LogP contribution in [-0.2, 0) is 23.7 Å². The Balaban J connectivity index is -0.000000143. The quantitative estimate of drug-likeness (QED) is 0.446. The summed E-state index contributed by atoms with van der Waals surface area (Å²) in [6.45, 7) is 0. The largest absolute Gasteiger partial charge is 0.469 e. The third kappa shape index (κ3) is 33.4. The van der Waals surface area contributed by atoms with Crippen molar-refractivity contribution in [1.82, 2.24) is 0 Å². The lowest BCUT2D eigenvalue weighted by atomic mass is 11.8. The minimum Gasteiger partial charge on any atom is -0.303 e. The highest BCUT2D eigenvalue weighted by atomic mass is 32.3. The molecule has 0 fully saturated rings. The fourth-order valence-corrected chi connectivity index (χ4v) is 0. The van der Waals surface area contributed by atoms with Crippen LogP contribution in [0.15, 0.2) is 0 Å². The number of hydrogen-bond donors (Lipinski definition) is 3. The van der Waals surface area contributed by atoms with E-state index in [9.17, 15) is 13.0 Å². The zero-order chi connectivity index (χ0) is 10.4. The molecule has 0 saturated heterocycles. The Hall–Kier alpha value is -0.0200. The summed E-state index contributed by atoms with van der Waals surface area (Å²) in [5, 5.41) is 0. The Morgan fingerprint density at radius 2 is 1.38 bits per heavy atom. The molecule has 84 valence electrons. The molecule has 0 aliphatic rings. The van der Waals surface area contributed by atoms with Gasteiger partial charge in [-0.3, -0.25) is 13.3 Å². The van der Waals surface area contributed by atoms with Crippen molar-refractivity contribution < 1.29 is 36.0 Å². The fourth-order valence-electron chi connectivity index (χ4n) is 0. The van der Waals surface area contributed by atoms with Crippen LogP contribution >= 0.6 is 7.82 Å². The first-order valence-electron chi connectivity index (χ1n) is 2.26. The summed E-state index contributed by atoms with van der Waals surface area (Å²) >= 11 is 0. The van der Waals surface area contributed by atoms with E-state index in [2.05, 4.69) is 8.71 Å². The SMILES string of the molecule is C.COP(=O)(O)O.COS(=O)(=O)O. The second kappa shape index (κ2) is 7.39. The minimum absolute atomic E-state index is 0. The highest BCUT2D eigenvalue weighted by molar-refractivity contribution is 7.80. The van der Waals surface area contributed by atoms with Crippen molar-refractivity contribution in [2.24, 2.45) is 0 Å². The Morgan fingerprint density at radius 1 is 1.23 bits per heavy atom. The molecule has 13 heavy (non-hydrogen) atoms. The van der Waals surface area contributed by atoms with Gasteiger partial charge in [0.05, 0.1) is 7.11 Å². The van der Waals surface area contributed by atoms with Gasteiger partial charge < -0.3 is 9.79 Å². The minimum atomic E-state index is -4.16. The highest BCUT2D eigenvalue weighted by Gasteiger charge is 2.07. The first-order chi connectivity index (χ1) is 5.12. The molecule has 10 heteroatoms. The first kappa shape index (κ1) is 18.7. The van der Waals surface area contributed by atoms with Crippen LogP contribution < -0.4 is 0 Å². The van der Waals surface area contributed by atoms with Gasteiger partial charge in [-0.05, 0) is 0 Å². The molecule has 0 aromatic carbocycles. The second-order valence-electron chi connectivity index (χ2n) is 1.27. The molecule has 0 saturated carbocycles. The molecule has 0 atom stereocenters. The van der Waals surface area contributed by atoms with E-state index in [1.54, 1.807) is 0 Å². The summed E-state index contributed by atoms with van der Waals surface area (Å²) < 4.78 is 42.8. The monoisotopic (exact) mass is 240 g/mol. The topological polar surface area (TPSA) is 130 Å². The molecule has 0 heterocycles. The fraction of sp³-hybridized carbons (Fsp3) is 1.00. The lowest BCUT2D eigenvalue weighted by molar-refractivity contribution is 0.235. The smallest absolute Gasteiger partial charge is 0.303 e. The molecule has 0 spiro atoms. The molecule has 0 amide bonds. The van der Waals surface area contributed by atoms with Crippen LogP contribution in [0.2, 0.25) is 0 Å². The molecule has 0 aromatic heterocycles. The third-order valence-corrected chi connectivity index (χ3v) is 1.35. The predicted octanol–water partition coefficient (Wildman–Crippen LogP) is -0.203. The van der Waals surface area contributed by atoms with E-state index < -0.39 is 18.2 Å². The van der Waals surface area contributed by atoms with Gasteiger partial charge in [0.25, 0.3) is 0 Å². The maximum atomic E-state index is 9.47. The molecule has 0 rings (SSSR count). The molecular formula is C3H13O8PS. The van der Waals surface area contributed by atoms with Gasteiger partial charge >= 0.3 is 18.2 Å². The molecule has 0 aliphatic carbocycles. The van der Waals surface area contributed by atoms with Crippen LogP contribution in [0.1, 0.15) is 7.43 Å². The zero-order valence-corrected chi connectivity index (χ0v) is 7.95. The van der Waals surface area contributed by atoms with E-state index in [1.165, 1.54) is 0 Å². The van der Waals surface area contributed by atoms with Crippen LogP contribution in [0.3, 0.4) is 0 Å². The second-order valence-corrected chi connectivity index (χ2v) is 3.80. The summed E-state index contributed by atoms with van der Waals surface area (Å²) in [6.07, 6.45) is 0. The van der Waals surface area contributed by atoms with E-state index in [4.69, 9.17) is 14.3 Å². The van der Waals surface area contributed by atoms with E-state index >= 15 is 0 Å². The number of phosphoric acid groups is 1. The van der Waals surface area contributed by atoms with Gasteiger partial charge in [0.1, 0.15) is 0 Å². The Labute approximate surface area is 76.7 Å². The standard InChI is InChI=1S/CH5O4P.CH4O4S.CH4/c2*1-5-6(2,3)4;/h1H3,(H2,2,3,4);1H3,(H,2,3,4);1H4. The van der Waals surface area contributed by atoms with Crippen LogP contribution in [0.4, 0.5) is 0 Å². The first-order valence-corrected chi connectivity index (χ1v) is 5.16. The van der Waals surface area contributed by atoms with Crippen molar-refractivity contribution in [3.8, 4) is 0 Å². The van der Waals surface area contributed by atoms with Gasteiger partial charge in [-0.15, -0.1) is 0 Å². The Kier molecular flexibility index (Phi) is 10.6. The molecule has 0 bridgehead atoms. The summed E-state index contributed by atoms with van der Waals surface area (Å²) in [5.74, 6) is 0. The molecule has 8 nitrogen and oxygen atoms in total. The maximum Gasteiger partial charge on any atom is 0.469 e. The molecule has 0 unspecified atom stereocenters. The number of phosphoric ester groups is 1. The highest BCUT2D eigenvalue weighted by Crippen LogP contribution is 2.33. The summed E-state index contributed by atoms with van der Waals surface area (Å²) in [7, 11) is -6.49. The van der Waals surface area contributed by atoms with E-state index in [-0.39, 0.29) is 7.43 Å². The molecular weight excluding hydrogens is 227 g/mol. The summed E-state index contributed by atoms with van der Waals surface area (Å²) in [5.41, 5.74) is 0. The third-order valence-electron chi connectivity index (χ3n) is 0.448. The maximum absolute atomic E-state index is 9.47. The van der Waals surface area contributed by atoms with Crippen LogP contribution in [0, 0.1) is 0 Å². The van der Waals surface area contributed by atoms with E-state index in [1.807, 2.05) is 0 Å². The predicted molar refractivity (Wildman–Crippen MR) is 44.3 cm³/mol. The Morgan fingerprint density at radius 3 is 1.38 bits per heavy atom. The van der Waals surface area contributed by atoms with Crippen molar-refractivity contribution in [1.29, 1.82) is 0 Å².